The molecule has 0 aliphatic rings. The molecule has 0 aliphatic heterocycles. The van der Waals surface area contributed by atoms with Crippen LogP contribution in [0.5, 0.6) is 0 Å². The molecule has 0 amide bonds. The van der Waals surface area contributed by atoms with Crippen molar-refractivity contribution in [3.63, 3.8) is 0 Å². The number of carboxylic acid groups (broad SMARTS) is 1. The first-order valence-electron chi connectivity index (χ1n) is 5.35. The summed E-state index contributed by atoms with van der Waals surface area (Å²) < 4.78 is 61.1. The number of nitriles is 1. The van der Waals surface area contributed by atoms with Crippen LogP contribution < -0.4 is 0 Å². The van der Waals surface area contributed by atoms with Gasteiger partial charge in [-0.3, -0.25) is 4.79 Å². The van der Waals surface area contributed by atoms with Gasteiger partial charge in [0.15, 0.2) is 0 Å². The van der Waals surface area contributed by atoms with Crippen molar-refractivity contribution in [2.45, 2.75) is 11.1 Å². The van der Waals surface area contributed by atoms with Gasteiger partial charge in [-0.25, -0.2) is 8.42 Å². The molecule has 0 aliphatic carbocycles. The van der Waals surface area contributed by atoms with E-state index in [1.165, 1.54) is 12.1 Å². The normalized spacial score (nSPS) is 12.1. The molecule has 114 valence electrons. The van der Waals surface area contributed by atoms with Crippen LogP contribution >= 0.6 is 0 Å². The van der Waals surface area contributed by atoms with E-state index < -0.39 is 40.2 Å². The number of aliphatic carboxylic acids is 1. The molecule has 0 unspecified atom stereocenters. The molecule has 0 bridgehead atoms. The summed E-state index contributed by atoms with van der Waals surface area (Å²) in [5.41, 5.74) is -0.0710. The number of benzene rings is 1. The van der Waals surface area contributed by atoms with Crippen LogP contribution in [-0.2, 0) is 14.8 Å². The highest BCUT2D eigenvalue weighted by atomic mass is 32.2. The van der Waals surface area contributed by atoms with Gasteiger partial charge in [-0.1, -0.05) is 6.07 Å². The van der Waals surface area contributed by atoms with Crippen LogP contribution in [-0.4, -0.2) is 43.1 Å². The summed E-state index contributed by atoms with van der Waals surface area (Å²) in [5, 5.41) is 17.2. The molecule has 1 aromatic rings. The Morgan fingerprint density at radius 1 is 1.38 bits per heavy atom. The number of rotatable bonds is 5. The van der Waals surface area contributed by atoms with Crippen LogP contribution in [0.1, 0.15) is 5.56 Å². The zero-order chi connectivity index (χ0) is 16.3. The summed E-state index contributed by atoms with van der Waals surface area (Å²) in [6, 6.07) is 5.96. The Labute approximate surface area is 118 Å². The maximum absolute atomic E-state index is 12.4. The predicted octanol–water partition coefficient (Wildman–Crippen LogP) is 1.20. The summed E-state index contributed by atoms with van der Waals surface area (Å²) in [5.74, 6) is -1.72. The first-order chi connectivity index (χ1) is 9.56. The first-order valence-corrected chi connectivity index (χ1v) is 6.79. The van der Waals surface area contributed by atoms with Gasteiger partial charge >= 0.3 is 12.1 Å². The Kier molecular flexibility index (Phi) is 4.93. The molecule has 0 aromatic heterocycles. The Balaban J connectivity index is 3.26. The van der Waals surface area contributed by atoms with Gasteiger partial charge in [0.05, 0.1) is 16.5 Å². The van der Waals surface area contributed by atoms with Crippen LogP contribution in [0.25, 0.3) is 0 Å². The number of alkyl halides is 3. The molecule has 1 N–H and O–H groups in total. The van der Waals surface area contributed by atoms with Crippen LogP contribution in [0.3, 0.4) is 0 Å². The Bertz CT molecular complexity index is 679. The third kappa shape index (κ3) is 4.73. The van der Waals surface area contributed by atoms with Crippen molar-refractivity contribution in [1.82, 2.24) is 4.31 Å². The maximum Gasteiger partial charge on any atom is 0.402 e. The largest absolute Gasteiger partial charge is 0.480 e. The summed E-state index contributed by atoms with van der Waals surface area (Å²) in [6.45, 7) is -3.27. The van der Waals surface area contributed by atoms with E-state index in [0.29, 0.717) is 0 Å². The smallest absolute Gasteiger partial charge is 0.402 e. The minimum absolute atomic E-state index is 0.0710. The van der Waals surface area contributed by atoms with Crippen molar-refractivity contribution >= 4 is 16.0 Å². The zero-order valence-electron chi connectivity index (χ0n) is 10.3. The van der Waals surface area contributed by atoms with Gasteiger partial charge < -0.3 is 5.11 Å². The van der Waals surface area contributed by atoms with Gasteiger partial charge in [0.25, 0.3) is 0 Å². The third-order valence-electron chi connectivity index (χ3n) is 2.27. The Morgan fingerprint density at radius 2 is 2.00 bits per heavy atom. The molecule has 0 saturated heterocycles. The van der Waals surface area contributed by atoms with Crippen molar-refractivity contribution < 1.29 is 31.5 Å². The standard InChI is InChI=1S/C11H9F3N2O4S/c12-11(13,14)7-16(6-10(17)18)21(19,20)9-3-1-2-8(4-9)5-15/h1-4H,6-7H2,(H,17,18). The highest BCUT2D eigenvalue weighted by molar-refractivity contribution is 7.89. The fourth-order valence-electron chi connectivity index (χ4n) is 1.45. The van der Waals surface area contributed by atoms with Gasteiger partial charge in [0.2, 0.25) is 10.0 Å². The van der Waals surface area contributed by atoms with Gasteiger partial charge in [0.1, 0.15) is 13.1 Å². The Hall–Kier alpha value is -2.12. The van der Waals surface area contributed by atoms with Crippen LogP contribution in [0.2, 0.25) is 0 Å². The molecular formula is C11H9F3N2O4S. The summed E-state index contributed by atoms with van der Waals surface area (Å²) in [4.78, 5) is 9.99. The van der Waals surface area contributed by atoms with E-state index in [-0.39, 0.29) is 9.87 Å². The van der Waals surface area contributed by atoms with Crippen molar-refractivity contribution in [3.05, 3.63) is 29.8 Å². The number of carboxylic acids is 1. The van der Waals surface area contributed by atoms with E-state index in [0.717, 1.165) is 12.1 Å². The van der Waals surface area contributed by atoms with Crippen LogP contribution in [0.4, 0.5) is 13.2 Å². The van der Waals surface area contributed by atoms with E-state index in [1.807, 2.05) is 0 Å². The zero-order valence-corrected chi connectivity index (χ0v) is 11.1. The number of hydrogen-bond donors (Lipinski definition) is 1. The highest BCUT2D eigenvalue weighted by Gasteiger charge is 2.38. The minimum Gasteiger partial charge on any atom is -0.480 e. The molecule has 10 heteroatoms. The number of carbonyl (C=O) groups is 1. The topological polar surface area (TPSA) is 98.5 Å². The molecule has 21 heavy (non-hydrogen) atoms. The van der Waals surface area contributed by atoms with Crippen molar-refractivity contribution in [2.75, 3.05) is 13.1 Å². The lowest BCUT2D eigenvalue weighted by molar-refractivity contribution is -0.146. The fraction of sp³-hybridized carbons (Fsp3) is 0.273. The summed E-state index contributed by atoms with van der Waals surface area (Å²) in [6.07, 6.45) is -4.89. The number of nitrogens with zero attached hydrogens (tertiary/aromatic N) is 2. The second-order valence-electron chi connectivity index (χ2n) is 3.92. The van der Waals surface area contributed by atoms with Crippen LogP contribution in [0, 0.1) is 11.3 Å². The van der Waals surface area contributed by atoms with Gasteiger partial charge in [-0.05, 0) is 18.2 Å². The highest BCUT2D eigenvalue weighted by Crippen LogP contribution is 2.23. The van der Waals surface area contributed by atoms with Crippen molar-refractivity contribution in [1.29, 1.82) is 5.26 Å². The monoisotopic (exact) mass is 322 g/mol. The van der Waals surface area contributed by atoms with Gasteiger partial charge in [-0.15, -0.1) is 0 Å². The molecule has 0 atom stereocenters. The molecule has 6 nitrogen and oxygen atoms in total. The van der Waals surface area contributed by atoms with Crippen molar-refractivity contribution in [2.24, 2.45) is 0 Å². The average molecular weight is 322 g/mol. The molecule has 0 radical (unpaired) electrons. The molecule has 0 heterocycles. The first kappa shape index (κ1) is 16.9. The van der Waals surface area contributed by atoms with Gasteiger partial charge in [0, 0.05) is 0 Å². The number of hydrogen-bond acceptors (Lipinski definition) is 4. The van der Waals surface area contributed by atoms with E-state index in [2.05, 4.69) is 0 Å². The fourth-order valence-corrected chi connectivity index (χ4v) is 2.87. The maximum atomic E-state index is 12.4. The summed E-state index contributed by atoms with van der Waals surface area (Å²) in [7, 11) is -4.68. The SMILES string of the molecule is N#Cc1cccc(S(=O)(=O)N(CC(=O)O)CC(F)(F)F)c1. The number of sulfonamides is 1. The lowest BCUT2D eigenvalue weighted by Gasteiger charge is -2.21. The third-order valence-corrected chi connectivity index (χ3v) is 4.06. The minimum atomic E-state index is -4.89. The van der Waals surface area contributed by atoms with Crippen LogP contribution in [0.15, 0.2) is 29.2 Å². The average Bonchev–Trinajstić information content (AvgIpc) is 2.36. The van der Waals surface area contributed by atoms with E-state index in [9.17, 15) is 26.4 Å². The molecular weight excluding hydrogens is 313 g/mol. The van der Waals surface area contributed by atoms with Gasteiger partial charge in [-0.2, -0.15) is 22.7 Å². The molecule has 0 fully saturated rings. The second kappa shape index (κ2) is 6.11. The molecule has 0 saturated carbocycles. The van der Waals surface area contributed by atoms with Crippen molar-refractivity contribution in [3.8, 4) is 6.07 Å². The molecule has 1 aromatic carbocycles. The number of halogens is 3. The molecule has 0 spiro atoms. The molecule has 1 rings (SSSR count). The summed E-state index contributed by atoms with van der Waals surface area (Å²) >= 11 is 0. The predicted molar refractivity (Wildman–Crippen MR) is 63.6 cm³/mol. The Morgan fingerprint density at radius 3 is 2.48 bits per heavy atom. The van der Waals surface area contributed by atoms with E-state index >= 15 is 0 Å². The van der Waals surface area contributed by atoms with E-state index in [1.54, 1.807) is 6.07 Å². The lowest BCUT2D eigenvalue weighted by Crippen LogP contribution is -2.41. The quantitative estimate of drug-likeness (QED) is 0.878. The second-order valence-corrected chi connectivity index (χ2v) is 5.86. The lowest BCUT2D eigenvalue weighted by atomic mass is 10.2. The van der Waals surface area contributed by atoms with E-state index in [4.69, 9.17) is 10.4 Å².